The minimum atomic E-state index is -1.52. The van der Waals surface area contributed by atoms with Gasteiger partial charge in [0.05, 0.1) is 12.2 Å². The van der Waals surface area contributed by atoms with Crippen molar-refractivity contribution >= 4 is 0 Å². The molecule has 9 nitrogen and oxygen atoms in total. The average Bonchev–Trinajstić information content (AvgIpc) is 2.50. The van der Waals surface area contributed by atoms with E-state index in [9.17, 15) is 25.5 Å². The van der Waals surface area contributed by atoms with E-state index in [1.54, 1.807) is 6.92 Å². The van der Waals surface area contributed by atoms with Crippen LogP contribution in [0.3, 0.4) is 0 Å². The first-order valence-corrected chi connectivity index (χ1v) is 7.17. The first-order valence-electron chi connectivity index (χ1n) is 7.17. The minimum absolute atomic E-state index is 0.664. The van der Waals surface area contributed by atoms with Crippen LogP contribution >= 0.6 is 0 Å². The summed E-state index contributed by atoms with van der Waals surface area (Å²) >= 11 is 0. The number of hydrogen-bond donors (Lipinski definition) is 5. The van der Waals surface area contributed by atoms with E-state index in [4.69, 9.17) is 18.9 Å². The Labute approximate surface area is 128 Å². The molecule has 2 heterocycles. The fourth-order valence-corrected chi connectivity index (χ4v) is 2.62. The summed E-state index contributed by atoms with van der Waals surface area (Å²) in [7, 11) is 1.34. The van der Waals surface area contributed by atoms with Crippen LogP contribution in [0.15, 0.2) is 0 Å². The molecule has 0 amide bonds. The molecule has 2 aliphatic rings. The zero-order valence-corrected chi connectivity index (χ0v) is 12.6. The molecule has 0 bridgehead atoms. The van der Waals surface area contributed by atoms with Crippen LogP contribution in [0.4, 0.5) is 0 Å². The molecular formula is C13H24O9. The molecule has 0 radical (unpaired) electrons. The average molecular weight is 325 g/mol. The van der Waals surface area contributed by atoms with Crippen LogP contribution in [0.1, 0.15) is 13.8 Å². The van der Waals surface area contributed by atoms with Crippen molar-refractivity contribution < 1.29 is 44.5 Å². The maximum absolute atomic E-state index is 10.1. The highest BCUT2D eigenvalue weighted by atomic mass is 16.8. The van der Waals surface area contributed by atoms with Gasteiger partial charge in [-0.3, -0.25) is 0 Å². The lowest BCUT2D eigenvalue weighted by Crippen LogP contribution is -2.63. The topological polar surface area (TPSA) is 138 Å². The van der Waals surface area contributed by atoms with Crippen molar-refractivity contribution in [1.29, 1.82) is 0 Å². The summed E-state index contributed by atoms with van der Waals surface area (Å²) in [6, 6.07) is 0. The van der Waals surface area contributed by atoms with Gasteiger partial charge in [0.1, 0.15) is 36.6 Å². The lowest BCUT2D eigenvalue weighted by molar-refractivity contribution is -0.359. The second-order valence-electron chi connectivity index (χ2n) is 5.71. The van der Waals surface area contributed by atoms with Crippen LogP contribution in [0, 0.1) is 0 Å². The van der Waals surface area contributed by atoms with Gasteiger partial charge in [0.15, 0.2) is 12.6 Å². The summed E-state index contributed by atoms with van der Waals surface area (Å²) in [5.41, 5.74) is 0. The molecule has 2 rings (SSSR count). The SMILES string of the molecule is CO[13C@@H]1O[C@@H](C)[C@H](O)[C@@H](O)[C@H]1O[C@@H]1O[C@@H](C)[C@H](O)[C@@H](O)[C@H]1O. The Balaban J connectivity index is 2.10. The zero-order chi connectivity index (χ0) is 16.6. The summed E-state index contributed by atoms with van der Waals surface area (Å²) in [6.07, 6.45) is -11.6. The smallest absolute Gasteiger partial charge is 0.187 e. The lowest BCUT2D eigenvalue weighted by atomic mass is 9.99. The molecule has 2 aliphatic heterocycles. The first-order chi connectivity index (χ1) is 10.3. The largest absolute Gasteiger partial charge is 0.388 e. The summed E-state index contributed by atoms with van der Waals surface area (Å²) < 4.78 is 21.2. The van der Waals surface area contributed by atoms with Gasteiger partial charge in [-0.1, -0.05) is 0 Å². The highest BCUT2D eigenvalue weighted by Gasteiger charge is 2.49. The van der Waals surface area contributed by atoms with Crippen LogP contribution in [0.25, 0.3) is 0 Å². The standard InChI is InChI=1S/C13H24O9/c1-4-6(14)8(16)10(18)12(20-4)22-11-9(17)7(15)5(2)21-13(11)19-3/h4-18H,1-3H3/t4-,5-,6-,7-,8+,9+,10+,11+,12-,13+/m0/s1/i13+1. The van der Waals surface area contributed by atoms with E-state index in [-0.39, 0.29) is 0 Å². The minimum Gasteiger partial charge on any atom is -0.388 e. The Morgan fingerprint density at radius 2 is 1.18 bits per heavy atom. The number of hydrogen-bond acceptors (Lipinski definition) is 9. The predicted octanol–water partition coefficient (Wildman–Crippen LogP) is -2.69. The van der Waals surface area contributed by atoms with Gasteiger partial charge in [0.25, 0.3) is 0 Å². The normalized spacial score (nSPS) is 53.5. The molecular weight excluding hydrogens is 301 g/mol. The van der Waals surface area contributed by atoms with Gasteiger partial charge < -0.3 is 44.5 Å². The predicted molar refractivity (Wildman–Crippen MR) is 70.6 cm³/mol. The Kier molecular flexibility index (Phi) is 5.75. The highest BCUT2D eigenvalue weighted by Crippen LogP contribution is 2.29. The van der Waals surface area contributed by atoms with Gasteiger partial charge in [-0.15, -0.1) is 0 Å². The van der Waals surface area contributed by atoms with E-state index < -0.39 is 61.4 Å². The van der Waals surface area contributed by atoms with Crippen LogP contribution in [-0.2, 0) is 18.9 Å². The van der Waals surface area contributed by atoms with E-state index in [1.165, 1.54) is 14.0 Å². The Bertz CT molecular complexity index is 365. The molecule has 2 saturated heterocycles. The third-order valence-corrected chi connectivity index (χ3v) is 4.12. The van der Waals surface area contributed by atoms with Gasteiger partial charge in [-0.05, 0) is 13.8 Å². The van der Waals surface area contributed by atoms with Crippen LogP contribution in [0.2, 0.25) is 0 Å². The van der Waals surface area contributed by atoms with Crippen molar-refractivity contribution in [1.82, 2.24) is 0 Å². The molecule has 130 valence electrons. The molecule has 9 heteroatoms. The molecule has 0 aliphatic carbocycles. The van der Waals surface area contributed by atoms with Crippen LogP contribution in [0.5, 0.6) is 0 Å². The quantitative estimate of drug-likeness (QED) is 0.351. The zero-order valence-electron chi connectivity index (χ0n) is 12.6. The van der Waals surface area contributed by atoms with Gasteiger partial charge >= 0.3 is 0 Å². The second kappa shape index (κ2) is 7.04. The van der Waals surface area contributed by atoms with Crippen molar-refractivity contribution in [2.75, 3.05) is 7.11 Å². The Morgan fingerprint density at radius 3 is 1.73 bits per heavy atom. The molecule has 10 atom stereocenters. The first kappa shape index (κ1) is 18.0. The van der Waals surface area contributed by atoms with Crippen LogP contribution in [-0.4, -0.2) is 94.1 Å². The maximum atomic E-state index is 10.1. The van der Waals surface area contributed by atoms with Gasteiger partial charge in [-0.25, -0.2) is 0 Å². The Morgan fingerprint density at radius 1 is 0.682 bits per heavy atom. The number of aliphatic hydroxyl groups is 5. The van der Waals surface area contributed by atoms with E-state index >= 15 is 0 Å². The van der Waals surface area contributed by atoms with Crippen molar-refractivity contribution in [3.05, 3.63) is 0 Å². The van der Waals surface area contributed by atoms with E-state index in [2.05, 4.69) is 0 Å². The fraction of sp³-hybridized carbons (Fsp3) is 1.00. The number of rotatable bonds is 3. The summed E-state index contributed by atoms with van der Waals surface area (Å²) in [5, 5.41) is 49.3. The highest BCUT2D eigenvalue weighted by molar-refractivity contribution is 4.92. The lowest BCUT2D eigenvalue weighted by Gasteiger charge is -2.45. The molecule has 0 spiro atoms. The summed E-state index contributed by atoms with van der Waals surface area (Å²) in [5.74, 6) is 0. The van der Waals surface area contributed by atoms with Crippen molar-refractivity contribution in [3.63, 3.8) is 0 Å². The molecule has 0 aromatic carbocycles. The molecule has 22 heavy (non-hydrogen) atoms. The molecule has 2 fully saturated rings. The number of methoxy groups -OCH3 is 1. The van der Waals surface area contributed by atoms with Crippen molar-refractivity contribution in [2.24, 2.45) is 0 Å². The van der Waals surface area contributed by atoms with E-state index in [0.717, 1.165) is 0 Å². The van der Waals surface area contributed by atoms with Gasteiger partial charge in [0.2, 0.25) is 0 Å². The molecule has 0 aromatic rings. The van der Waals surface area contributed by atoms with Crippen LogP contribution < -0.4 is 0 Å². The number of ether oxygens (including phenoxy) is 4. The molecule has 5 N–H and O–H groups in total. The summed E-state index contributed by atoms with van der Waals surface area (Å²) in [4.78, 5) is 0. The Hall–Kier alpha value is -0.360. The second-order valence-corrected chi connectivity index (χ2v) is 5.71. The molecule has 0 aromatic heterocycles. The van der Waals surface area contributed by atoms with Crippen molar-refractivity contribution in [3.8, 4) is 0 Å². The molecule has 0 unspecified atom stereocenters. The monoisotopic (exact) mass is 325 g/mol. The maximum Gasteiger partial charge on any atom is 0.187 e. The van der Waals surface area contributed by atoms with Gasteiger partial charge in [0, 0.05) is 7.11 Å². The molecule has 0 saturated carbocycles. The van der Waals surface area contributed by atoms with Gasteiger partial charge in [-0.2, -0.15) is 0 Å². The third kappa shape index (κ3) is 3.28. The van der Waals surface area contributed by atoms with Crippen molar-refractivity contribution in [2.45, 2.75) is 75.3 Å². The summed E-state index contributed by atoms with van der Waals surface area (Å²) in [6.45, 7) is 3.08. The van der Waals surface area contributed by atoms with E-state index in [1.807, 2.05) is 0 Å². The number of aliphatic hydroxyl groups excluding tert-OH is 5. The fourth-order valence-electron chi connectivity index (χ4n) is 2.62. The third-order valence-electron chi connectivity index (χ3n) is 4.12. The van der Waals surface area contributed by atoms with E-state index in [0.29, 0.717) is 0 Å².